The summed E-state index contributed by atoms with van der Waals surface area (Å²) >= 11 is 3.33. The van der Waals surface area contributed by atoms with Crippen molar-refractivity contribution < 1.29 is 22.7 Å². The zero-order valence-electron chi connectivity index (χ0n) is 14.4. The van der Waals surface area contributed by atoms with Crippen LogP contribution < -0.4 is 19.5 Å². The topological polar surface area (TPSA) is 93.7 Å². The average Bonchev–Trinajstić information content (AvgIpc) is 2.55. The predicted octanol–water partition coefficient (Wildman–Crippen LogP) is 3.24. The number of ether oxygens (including phenoxy) is 2. The van der Waals surface area contributed by atoms with Crippen LogP contribution in [0.2, 0.25) is 0 Å². The summed E-state index contributed by atoms with van der Waals surface area (Å²) in [6.07, 6.45) is 0.288. The number of nitrogens with one attached hydrogen (secondary N) is 2. The van der Waals surface area contributed by atoms with Crippen molar-refractivity contribution in [3.8, 4) is 11.5 Å². The molecule has 1 unspecified atom stereocenters. The Morgan fingerprint density at radius 1 is 1.15 bits per heavy atom. The molecular weight excluding hydrogens is 424 g/mol. The third-order valence-electron chi connectivity index (χ3n) is 3.26. The molecule has 0 aliphatic heterocycles. The largest absolute Gasteiger partial charge is 0.495 e. The van der Waals surface area contributed by atoms with Crippen molar-refractivity contribution in [1.82, 2.24) is 0 Å². The average molecular weight is 443 g/mol. The fourth-order valence-corrected chi connectivity index (χ4v) is 2.90. The number of benzene rings is 2. The molecule has 0 radical (unpaired) electrons. The zero-order chi connectivity index (χ0) is 19.3. The third-order valence-corrected chi connectivity index (χ3v) is 4.38. The summed E-state index contributed by atoms with van der Waals surface area (Å²) in [6, 6.07) is 11.8. The quantitative estimate of drug-likeness (QED) is 0.686. The number of anilines is 2. The van der Waals surface area contributed by atoms with E-state index in [0.717, 1.165) is 10.7 Å². The van der Waals surface area contributed by atoms with Crippen LogP contribution in [0.1, 0.15) is 6.92 Å². The lowest BCUT2D eigenvalue weighted by atomic mass is 10.2. The van der Waals surface area contributed by atoms with Gasteiger partial charge in [-0.3, -0.25) is 9.52 Å². The van der Waals surface area contributed by atoms with Gasteiger partial charge < -0.3 is 14.8 Å². The maximum Gasteiger partial charge on any atom is 0.265 e. The standard InChI is InChI=1S/C17H19BrN2O5S/c1-11(25-14-7-4-12(18)5-8-14)17(21)19-13-6-9-16(24-2)15(10-13)20-26(3,22)23/h4-11,20H,1-3H3,(H,19,21). The van der Waals surface area contributed by atoms with Crippen molar-refractivity contribution in [3.05, 3.63) is 46.9 Å². The maximum atomic E-state index is 12.3. The molecule has 1 atom stereocenters. The van der Waals surface area contributed by atoms with Crippen molar-refractivity contribution in [2.45, 2.75) is 13.0 Å². The first-order chi connectivity index (χ1) is 12.2. The molecule has 0 fully saturated rings. The lowest BCUT2D eigenvalue weighted by Crippen LogP contribution is -2.30. The van der Waals surface area contributed by atoms with Gasteiger partial charge in [-0.25, -0.2) is 8.42 Å². The van der Waals surface area contributed by atoms with E-state index in [0.29, 0.717) is 17.2 Å². The smallest absolute Gasteiger partial charge is 0.265 e. The number of hydrogen-bond donors (Lipinski definition) is 2. The number of halogens is 1. The van der Waals surface area contributed by atoms with Gasteiger partial charge in [0.25, 0.3) is 5.91 Å². The van der Waals surface area contributed by atoms with Gasteiger partial charge in [0.2, 0.25) is 10.0 Å². The minimum Gasteiger partial charge on any atom is -0.495 e. The highest BCUT2D eigenvalue weighted by Crippen LogP contribution is 2.28. The van der Waals surface area contributed by atoms with Gasteiger partial charge >= 0.3 is 0 Å². The Hall–Kier alpha value is -2.26. The molecule has 0 aliphatic rings. The van der Waals surface area contributed by atoms with Crippen molar-refractivity contribution >= 4 is 43.2 Å². The van der Waals surface area contributed by atoms with E-state index in [1.54, 1.807) is 31.2 Å². The van der Waals surface area contributed by atoms with Crippen LogP contribution in [0, 0.1) is 0 Å². The summed E-state index contributed by atoms with van der Waals surface area (Å²) in [6.45, 7) is 1.62. The summed E-state index contributed by atoms with van der Waals surface area (Å²) in [5.41, 5.74) is 0.641. The van der Waals surface area contributed by atoms with Gasteiger partial charge in [0, 0.05) is 10.2 Å². The van der Waals surface area contributed by atoms with E-state index in [-0.39, 0.29) is 11.6 Å². The van der Waals surface area contributed by atoms with E-state index in [9.17, 15) is 13.2 Å². The molecule has 0 saturated carbocycles. The molecule has 0 saturated heterocycles. The molecule has 9 heteroatoms. The number of hydrogen-bond acceptors (Lipinski definition) is 5. The number of rotatable bonds is 7. The van der Waals surface area contributed by atoms with Crippen LogP contribution in [0.25, 0.3) is 0 Å². The summed E-state index contributed by atoms with van der Waals surface area (Å²) in [4.78, 5) is 12.3. The Morgan fingerprint density at radius 3 is 2.38 bits per heavy atom. The second-order valence-corrected chi connectivity index (χ2v) is 8.16. The van der Waals surface area contributed by atoms with Crippen LogP contribution in [0.4, 0.5) is 11.4 Å². The van der Waals surface area contributed by atoms with Gasteiger partial charge in [0.05, 0.1) is 19.1 Å². The van der Waals surface area contributed by atoms with E-state index in [1.165, 1.54) is 13.2 Å². The molecule has 140 valence electrons. The molecule has 0 aromatic heterocycles. The molecule has 1 amide bonds. The Morgan fingerprint density at radius 2 is 1.81 bits per heavy atom. The lowest BCUT2D eigenvalue weighted by Gasteiger charge is -2.16. The summed E-state index contributed by atoms with van der Waals surface area (Å²) in [5, 5.41) is 2.69. The van der Waals surface area contributed by atoms with Gasteiger partial charge in [-0.1, -0.05) is 15.9 Å². The fourth-order valence-electron chi connectivity index (χ4n) is 2.08. The van der Waals surface area contributed by atoms with Gasteiger partial charge in [-0.05, 0) is 49.4 Å². The first-order valence-electron chi connectivity index (χ1n) is 7.57. The highest BCUT2D eigenvalue weighted by Gasteiger charge is 2.16. The summed E-state index contributed by atoms with van der Waals surface area (Å²) in [5.74, 6) is 0.529. The second-order valence-electron chi connectivity index (χ2n) is 5.49. The maximum absolute atomic E-state index is 12.3. The van der Waals surface area contributed by atoms with E-state index in [4.69, 9.17) is 9.47 Å². The molecule has 0 bridgehead atoms. The number of carbonyl (C=O) groups is 1. The Kier molecular flexibility index (Phi) is 6.49. The van der Waals surface area contributed by atoms with Crippen molar-refractivity contribution in [2.24, 2.45) is 0 Å². The van der Waals surface area contributed by atoms with Crippen molar-refractivity contribution in [3.63, 3.8) is 0 Å². The van der Waals surface area contributed by atoms with Gasteiger partial charge in [-0.15, -0.1) is 0 Å². The molecule has 0 aliphatic carbocycles. The van der Waals surface area contributed by atoms with Gasteiger partial charge in [0.1, 0.15) is 11.5 Å². The third kappa shape index (κ3) is 5.92. The van der Waals surface area contributed by atoms with E-state index in [1.807, 2.05) is 12.1 Å². The first kappa shape index (κ1) is 20.1. The summed E-state index contributed by atoms with van der Waals surface area (Å²) < 4.78 is 36.9. The molecule has 2 aromatic carbocycles. The van der Waals surface area contributed by atoms with Crippen LogP contribution >= 0.6 is 15.9 Å². The van der Waals surface area contributed by atoms with E-state index >= 15 is 0 Å². The van der Waals surface area contributed by atoms with Crippen LogP contribution in [0.5, 0.6) is 11.5 Å². The molecule has 0 heterocycles. The Bertz CT molecular complexity index is 885. The van der Waals surface area contributed by atoms with Gasteiger partial charge in [0.15, 0.2) is 6.10 Å². The fraction of sp³-hybridized carbons (Fsp3) is 0.235. The first-order valence-corrected chi connectivity index (χ1v) is 10.3. The second kappa shape index (κ2) is 8.41. The summed E-state index contributed by atoms with van der Waals surface area (Å²) in [7, 11) is -2.06. The number of sulfonamides is 1. The molecular formula is C17H19BrN2O5S. The molecule has 2 aromatic rings. The zero-order valence-corrected chi connectivity index (χ0v) is 16.8. The van der Waals surface area contributed by atoms with Crippen LogP contribution in [0.15, 0.2) is 46.9 Å². The minimum atomic E-state index is -3.49. The Balaban J connectivity index is 2.10. The lowest BCUT2D eigenvalue weighted by molar-refractivity contribution is -0.122. The monoisotopic (exact) mass is 442 g/mol. The minimum absolute atomic E-state index is 0.231. The van der Waals surface area contributed by atoms with Crippen LogP contribution in [-0.2, 0) is 14.8 Å². The van der Waals surface area contributed by atoms with Crippen molar-refractivity contribution in [2.75, 3.05) is 23.4 Å². The number of amides is 1. The predicted molar refractivity (Wildman–Crippen MR) is 104 cm³/mol. The SMILES string of the molecule is COc1ccc(NC(=O)C(C)Oc2ccc(Br)cc2)cc1NS(C)(=O)=O. The Labute approximate surface area is 160 Å². The normalized spacial score (nSPS) is 12.2. The van der Waals surface area contributed by atoms with Crippen LogP contribution in [-0.4, -0.2) is 33.8 Å². The molecule has 2 N–H and O–H groups in total. The van der Waals surface area contributed by atoms with E-state index in [2.05, 4.69) is 26.0 Å². The number of carbonyl (C=O) groups excluding carboxylic acids is 1. The molecule has 2 rings (SSSR count). The van der Waals surface area contributed by atoms with Gasteiger partial charge in [-0.2, -0.15) is 0 Å². The highest BCUT2D eigenvalue weighted by molar-refractivity contribution is 9.10. The molecule has 0 spiro atoms. The van der Waals surface area contributed by atoms with Crippen LogP contribution in [0.3, 0.4) is 0 Å². The van der Waals surface area contributed by atoms with Crippen molar-refractivity contribution in [1.29, 1.82) is 0 Å². The molecule has 7 nitrogen and oxygen atoms in total. The molecule has 26 heavy (non-hydrogen) atoms. The highest BCUT2D eigenvalue weighted by atomic mass is 79.9. The number of methoxy groups -OCH3 is 1. The van der Waals surface area contributed by atoms with E-state index < -0.39 is 16.1 Å².